The van der Waals surface area contributed by atoms with E-state index in [9.17, 15) is 9.59 Å². The van der Waals surface area contributed by atoms with Crippen LogP contribution in [0.15, 0.2) is 54.6 Å². The summed E-state index contributed by atoms with van der Waals surface area (Å²) in [6.45, 7) is 1.53. The van der Waals surface area contributed by atoms with Crippen LogP contribution in [0.2, 0.25) is 5.02 Å². The van der Waals surface area contributed by atoms with Gasteiger partial charge < -0.3 is 10.2 Å². The molecule has 5 nitrogen and oxygen atoms in total. The van der Waals surface area contributed by atoms with Gasteiger partial charge in [0.05, 0.1) is 11.3 Å². The fourth-order valence-electron chi connectivity index (χ4n) is 3.31. The molecule has 3 rings (SSSR count). The number of nitrogens with one attached hydrogen (secondary N) is 2. The molecular formula is C23H24ClN3O2S. The fourth-order valence-corrected chi connectivity index (χ4v) is 3.71. The van der Waals surface area contributed by atoms with Crippen LogP contribution >= 0.6 is 23.8 Å². The van der Waals surface area contributed by atoms with Gasteiger partial charge in [0.15, 0.2) is 5.11 Å². The Bertz CT molecular complexity index is 953. The summed E-state index contributed by atoms with van der Waals surface area (Å²) in [5.74, 6) is -0.406. The summed E-state index contributed by atoms with van der Waals surface area (Å²) in [5.41, 5.74) is 1.86. The van der Waals surface area contributed by atoms with Crippen LogP contribution in [0.1, 0.15) is 41.6 Å². The zero-order valence-corrected chi connectivity index (χ0v) is 18.1. The standard InChI is InChI=1S/C23H24ClN3O2S/c24-19-11-5-3-9-17(19)13-14-21(28)26-23(30)25-20-12-6-4-10-18(20)22(29)27-15-7-1-2-8-16-27/h3-6,9-14H,1-2,7-8,15-16H2,(H2,25,26,28,30)/b14-13+. The van der Waals surface area contributed by atoms with E-state index in [-0.39, 0.29) is 16.9 Å². The molecule has 0 spiro atoms. The molecule has 30 heavy (non-hydrogen) atoms. The summed E-state index contributed by atoms with van der Waals surface area (Å²) >= 11 is 11.4. The SMILES string of the molecule is O=C(/C=C/c1ccccc1Cl)NC(=S)Nc1ccccc1C(=O)N1CCCCCC1. The first kappa shape index (κ1) is 22.0. The molecule has 2 aromatic rings. The topological polar surface area (TPSA) is 61.4 Å². The highest BCUT2D eigenvalue weighted by Gasteiger charge is 2.20. The van der Waals surface area contributed by atoms with Gasteiger partial charge in [-0.3, -0.25) is 14.9 Å². The number of nitrogens with zero attached hydrogens (tertiary/aromatic N) is 1. The quantitative estimate of drug-likeness (QED) is 0.524. The third-order valence-corrected chi connectivity index (χ3v) is 5.40. The molecule has 2 amide bonds. The van der Waals surface area contributed by atoms with Crippen LogP contribution in [0.5, 0.6) is 0 Å². The Hall–Kier alpha value is -2.70. The summed E-state index contributed by atoms with van der Waals surface area (Å²) in [4.78, 5) is 27.1. The van der Waals surface area contributed by atoms with E-state index in [1.807, 2.05) is 35.2 Å². The molecule has 0 saturated carbocycles. The second kappa shape index (κ2) is 10.9. The van der Waals surface area contributed by atoms with Crippen LogP contribution < -0.4 is 10.6 Å². The van der Waals surface area contributed by atoms with E-state index in [4.69, 9.17) is 23.8 Å². The third kappa shape index (κ3) is 6.15. The normalized spacial score (nSPS) is 14.2. The van der Waals surface area contributed by atoms with Crippen molar-refractivity contribution in [1.29, 1.82) is 0 Å². The highest BCUT2D eigenvalue weighted by molar-refractivity contribution is 7.80. The number of hydrogen-bond donors (Lipinski definition) is 2. The lowest BCUT2D eigenvalue weighted by molar-refractivity contribution is -0.115. The van der Waals surface area contributed by atoms with Crippen molar-refractivity contribution in [1.82, 2.24) is 10.2 Å². The van der Waals surface area contributed by atoms with Crippen LogP contribution in [0.4, 0.5) is 5.69 Å². The Morgan fingerprint density at radius 1 is 0.967 bits per heavy atom. The molecule has 1 aliphatic rings. The lowest BCUT2D eigenvalue weighted by Gasteiger charge is -2.22. The number of amides is 2. The molecular weight excluding hydrogens is 418 g/mol. The molecule has 2 aromatic carbocycles. The van der Waals surface area contributed by atoms with Crippen molar-refractivity contribution in [2.45, 2.75) is 25.7 Å². The van der Waals surface area contributed by atoms with Crippen molar-refractivity contribution in [2.24, 2.45) is 0 Å². The number of para-hydroxylation sites is 1. The van der Waals surface area contributed by atoms with Crippen molar-refractivity contribution < 1.29 is 9.59 Å². The van der Waals surface area contributed by atoms with Crippen LogP contribution in [0, 0.1) is 0 Å². The molecule has 1 saturated heterocycles. The van der Waals surface area contributed by atoms with E-state index < -0.39 is 0 Å². The zero-order valence-electron chi connectivity index (χ0n) is 16.6. The Morgan fingerprint density at radius 2 is 1.63 bits per heavy atom. The highest BCUT2D eigenvalue weighted by Crippen LogP contribution is 2.20. The molecule has 0 bridgehead atoms. The largest absolute Gasteiger partial charge is 0.339 e. The van der Waals surface area contributed by atoms with Gasteiger partial charge in [-0.25, -0.2) is 0 Å². The van der Waals surface area contributed by atoms with Crippen molar-refractivity contribution in [2.75, 3.05) is 18.4 Å². The Morgan fingerprint density at radius 3 is 2.37 bits per heavy atom. The molecule has 0 unspecified atom stereocenters. The van der Waals surface area contributed by atoms with Gasteiger partial charge in [0.25, 0.3) is 5.91 Å². The molecule has 7 heteroatoms. The number of anilines is 1. The van der Waals surface area contributed by atoms with Gasteiger partial charge in [-0.15, -0.1) is 0 Å². The zero-order chi connectivity index (χ0) is 21.3. The fraction of sp³-hybridized carbons (Fsp3) is 0.261. The van der Waals surface area contributed by atoms with E-state index in [0.717, 1.165) is 44.3 Å². The number of likely N-dealkylation sites (tertiary alicyclic amines) is 1. The van der Waals surface area contributed by atoms with Crippen molar-refractivity contribution >= 4 is 52.5 Å². The molecule has 1 heterocycles. The molecule has 1 fully saturated rings. The maximum Gasteiger partial charge on any atom is 0.255 e. The Balaban J connectivity index is 1.63. The monoisotopic (exact) mass is 441 g/mol. The number of carbonyl (C=O) groups excluding carboxylic acids is 2. The maximum absolute atomic E-state index is 13.0. The third-order valence-electron chi connectivity index (χ3n) is 4.86. The minimum absolute atomic E-state index is 0.0206. The van der Waals surface area contributed by atoms with Gasteiger partial charge >= 0.3 is 0 Å². The molecule has 1 aliphatic heterocycles. The van der Waals surface area contributed by atoms with Crippen LogP contribution in [-0.2, 0) is 4.79 Å². The van der Waals surface area contributed by atoms with Crippen molar-refractivity contribution in [3.8, 4) is 0 Å². The first-order chi connectivity index (χ1) is 14.5. The van der Waals surface area contributed by atoms with Gasteiger partial charge in [0.1, 0.15) is 0 Å². The van der Waals surface area contributed by atoms with Crippen LogP contribution in [0.25, 0.3) is 6.08 Å². The van der Waals surface area contributed by atoms with E-state index in [0.29, 0.717) is 16.3 Å². The maximum atomic E-state index is 13.0. The van der Waals surface area contributed by atoms with E-state index >= 15 is 0 Å². The van der Waals surface area contributed by atoms with Crippen molar-refractivity contribution in [3.05, 3.63) is 70.8 Å². The summed E-state index contributed by atoms with van der Waals surface area (Å²) in [6.07, 6.45) is 7.34. The average Bonchev–Trinajstić information content (AvgIpc) is 3.02. The predicted octanol–water partition coefficient (Wildman–Crippen LogP) is 4.88. The Labute approximate surface area is 187 Å². The Kier molecular flexibility index (Phi) is 7.99. The van der Waals surface area contributed by atoms with Crippen LogP contribution in [0.3, 0.4) is 0 Å². The average molecular weight is 442 g/mol. The molecule has 0 radical (unpaired) electrons. The summed E-state index contributed by atoms with van der Waals surface area (Å²) in [7, 11) is 0. The van der Waals surface area contributed by atoms with E-state index in [1.54, 1.807) is 24.3 Å². The second-order valence-electron chi connectivity index (χ2n) is 7.05. The van der Waals surface area contributed by atoms with Gasteiger partial charge in [-0.2, -0.15) is 0 Å². The number of rotatable bonds is 4. The molecule has 156 valence electrons. The predicted molar refractivity (Wildman–Crippen MR) is 126 cm³/mol. The second-order valence-corrected chi connectivity index (χ2v) is 7.87. The smallest absolute Gasteiger partial charge is 0.255 e. The summed E-state index contributed by atoms with van der Waals surface area (Å²) in [5, 5.41) is 6.26. The number of carbonyl (C=O) groups is 2. The van der Waals surface area contributed by atoms with Crippen LogP contribution in [-0.4, -0.2) is 34.9 Å². The van der Waals surface area contributed by atoms with Gasteiger partial charge in [0, 0.05) is 24.2 Å². The first-order valence-corrected chi connectivity index (χ1v) is 10.8. The first-order valence-electron chi connectivity index (χ1n) is 9.97. The number of hydrogen-bond acceptors (Lipinski definition) is 3. The van der Waals surface area contributed by atoms with Crippen molar-refractivity contribution in [3.63, 3.8) is 0 Å². The van der Waals surface area contributed by atoms with Gasteiger partial charge in [-0.05, 0) is 54.9 Å². The minimum atomic E-state index is -0.385. The number of thiocarbonyl (C=S) groups is 1. The molecule has 2 N–H and O–H groups in total. The lowest BCUT2D eigenvalue weighted by Crippen LogP contribution is -2.35. The molecule has 0 aliphatic carbocycles. The molecule has 0 atom stereocenters. The minimum Gasteiger partial charge on any atom is -0.339 e. The highest BCUT2D eigenvalue weighted by atomic mass is 35.5. The van der Waals surface area contributed by atoms with Gasteiger partial charge in [-0.1, -0.05) is 54.8 Å². The van der Waals surface area contributed by atoms with E-state index in [1.165, 1.54) is 6.08 Å². The number of benzene rings is 2. The lowest BCUT2D eigenvalue weighted by atomic mass is 10.1. The number of halogens is 1. The van der Waals surface area contributed by atoms with Gasteiger partial charge in [0.2, 0.25) is 5.91 Å². The summed E-state index contributed by atoms with van der Waals surface area (Å²) in [6, 6.07) is 14.4. The molecule has 0 aromatic heterocycles. The summed E-state index contributed by atoms with van der Waals surface area (Å²) < 4.78 is 0. The van der Waals surface area contributed by atoms with E-state index in [2.05, 4.69) is 10.6 Å².